The zero-order valence-corrected chi connectivity index (χ0v) is 11.5. The molecule has 3 aromatic carbocycles. The highest BCUT2D eigenvalue weighted by molar-refractivity contribution is 5.83. The van der Waals surface area contributed by atoms with E-state index in [-0.39, 0.29) is 5.56 Å². The van der Waals surface area contributed by atoms with Gasteiger partial charge in [-0.1, -0.05) is 36.4 Å². The molecule has 0 fully saturated rings. The zero-order valence-electron chi connectivity index (χ0n) is 11.5. The summed E-state index contributed by atoms with van der Waals surface area (Å²) in [4.78, 5) is 0. The van der Waals surface area contributed by atoms with Crippen molar-refractivity contribution in [1.29, 1.82) is 0 Å². The van der Waals surface area contributed by atoms with Crippen LogP contribution in [-0.2, 0) is 0 Å². The van der Waals surface area contributed by atoms with Gasteiger partial charge in [0.05, 0.1) is 5.56 Å². The highest BCUT2D eigenvalue weighted by atomic mass is 19.2. The summed E-state index contributed by atoms with van der Waals surface area (Å²) in [6.07, 6.45) is -1.98. The number of aliphatic hydroxyl groups excluding tert-OH is 1. The molecule has 0 saturated carbocycles. The van der Waals surface area contributed by atoms with Crippen molar-refractivity contribution in [2.75, 3.05) is 0 Å². The number of fused-ring (bicyclic) bond motifs is 1. The summed E-state index contributed by atoms with van der Waals surface area (Å²) in [6, 6.07) is 11.4. The molecule has 0 saturated heterocycles. The minimum absolute atomic E-state index is 0.0203. The molecule has 0 heterocycles. The third-order valence-electron chi connectivity index (χ3n) is 3.61. The Morgan fingerprint density at radius 2 is 1.17 bits per heavy atom. The first-order valence-electron chi connectivity index (χ1n) is 6.60. The normalized spacial score (nSPS) is 12.6. The molecule has 0 aromatic heterocycles. The third-order valence-corrected chi connectivity index (χ3v) is 3.61. The summed E-state index contributed by atoms with van der Waals surface area (Å²) < 4.78 is 67.1. The number of aliphatic hydroxyl groups is 1. The van der Waals surface area contributed by atoms with Crippen molar-refractivity contribution in [3.05, 3.63) is 82.7 Å². The van der Waals surface area contributed by atoms with Gasteiger partial charge in [-0.3, -0.25) is 0 Å². The second-order valence-corrected chi connectivity index (χ2v) is 4.99. The van der Waals surface area contributed by atoms with E-state index in [0.29, 0.717) is 5.39 Å². The van der Waals surface area contributed by atoms with Crippen LogP contribution < -0.4 is 0 Å². The first-order chi connectivity index (χ1) is 10.9. The van der Waals surface area contributed by atoms with Gasteiger partial charge in [0.25, 0.3) is 0 Å². The molecule has 0 amide bonds. The van der Waals surface area contributed by atoms with Crippen LogP contribution in [0.2, 0.25) is 0 Å². The van der Waals surface area contributed by atoms with E-state index < -0.39 is 40.8 Å². The molecule has 0 aliphatic rings. The molecular weight excluding hydrogens is 315 g/mol. The lowest BCUT2D eigenvalue weighted by atomic mass is 9.97. The quantitative estimate of drug-likeness (QED) is 0.414. The van der Waals surface area contributed by atoms with Crippen molar-refractivity contribution in [3.8, 4) is 0 Å². The van der Waals surface area contributed by atoms with Gasteiger partial charge in [0.2, 0.25) is 5.82 Å². The van der Waals surface area contributed by atoms with Gasteiger partial charge in [0.15, 0.2) is 23.3 Å². The third kappa shape index (κ3) is 2.45. The Balaban J connectivity index is 2.17. The number of rotatable bonds is 2. The van der Waals surface area contributed by atoms with Crippen LogP contribution in [0.25, 0.3) is 10.8 Å². The van der Waals surface area contributed by atoms with Crippen LogP contribution in [0.1, 0.15) is 17.2 Å². The highest BCUT2D eigenvalue weighted by Gasteiger charge is 2.30. The van der Waals surface area contributed by atoms with Gasteiger partial charge in [0.1, 0.15) is 6.10 Å². The molecule has 0 aliphatic carbocycles. The Kier molecular flexibility index (Phi) is 3.77. The second kappa shape index (κ2) is 5.62. The first kappa shape index (κ1) is 15.4. The molecule has 23 heavy (non-hydrogen) atoms. The molecular formula is C17H9F5O. The molecule has 3 rings (SSSR count). The van der Waals surface area contributed by atoms with Crippen LogP contribution in [0, 0.1) is 29.1 Å². The van der Waals surface area contributed by atoms with Gasteiger partial charge in [0, 0.05) is 0 Å². The Bertz CT molecular complexity index is 878. The molecule has 3 aromatic rings. The van der Waals surface area contributed by atoms with Crippen molar-refractivity contribution in [1.82, 2.24) is 0 Å². The number of hydrogen-bond acceptors (Lipinski definition) is 1. The fourth-order valence-corrected chi connectivity index (χ4v) is 2.41. The van der Waals surface area contributed by atoms with Crippen LogP contribution in [0.5, 0.6) is 0 Å². The van der Waals surface area contributed by atoms with E-state index in [9.17, 15) is 27.1 Å². The molecule has 0 spiro atoms. The highest BCUT2D eigenvalue weighted by Crippen LogP contribution is 2.32. The van der Waals surface area contributed by atoms with E-state index in [4.69, 9.17) is 0 Å². The predicted octanol–water partition coefficient (Wildman–Crippen LogP) is 4.62. The second-order valence-electron chi connectivity index (χ2n) is 4.99. The fraction of sp³-hybridized carbons (Fsp3) is 0.0588. The summed E-state index contributed by atoms with van der Waals surface area (Å²) in [5.74, 6) is -10.5. The van der Waals surface area contributed by atoms with Crippen LogP contribution in [0.4, 0.5) is 22.0 Å². The van der Waals surface area contributed by atoms with Crippen LogP contribution >= 0.6 is 0 Å². The standard InChI is InChI=1S/C17H9F5O/c18-12-11(13(19)15(21)16(22)14(12)20)17(23)10-6-5-8-3-1-2-4-9(8)7-10/h1-7,17,23H. The summed E-state index contributed by atoms with van der Waals surface area (Å²) in [6.45, 7) is 0. The Hall–Kier alpha value is -2.47. The SMILES string of the molecule is OC(c1ccc2ccccc2c1)c1c(F)c(F)c(F)c(F)c1F. The average molecular weight is 324 g/mol. The lowest BCUT2D eigenvalue weighted by Crippen LogP contribution is -2.12. The maximum Gasteiger partial charge on any atom is 0.200 e. The van der Waals surface area contributed by atoms with E-state index in [1.54, 1.807) is 30.3 Å². The van der Waals surface area contributed by atoms with E-state index in [2.05, 4.69) is 0 Å². The molecule has 0 bridgehead atoms. The van der Waals surface area contributed by atoms with Gasteiger partial charge in [-0.25, -0.2) is 22.0 Å². The summed E-state index contributed by atoms with van der Waals surface area (Å²) in [5.41, 5.74) is -1.25. The summed E-state index contributed by atoms with van der Waals surface area (Å²) in [5, 5.41) is 11.6. The Morgan fingerprint density at radius 1 is 0.652 bits per heavy atom. The minimum Gasteiger partial charge on any atom is -0.383 e. The maximum atomic E-state index is 13.8. The molecule has 1 unspecified atom stereocenters. The number of benzene rings is 3. The van der Waals surface area contributed by atoms with Crippen molar-refractivity contribution < 1.29 is 27.1 Å². The van der Waals surface area contributed by atoms with Gasteiger partial charge >= 0.3 is 0 Å². The fourth-order valence-electron chi connectivity index (χ4n) is 2.41. The van der Waals surface area contributed by atoms with E-state index in [1.165, 1.54) is 12.1 Å². The Labute approximate surface area is 127 Å². The number of hydrogen-bond donors (Lipinski definition) is 1. The molecule has 1 atom stereocenters. The lowest BCUT2D eigenvalue weighted by molar-refractivity contribution is 0.203. The molecule has 1 N–H and O–H groups in total. The maximum absolute atomic E-state index is 13.8. The van der Waals surface area contributed by atoms with Gasteiger partial charge in [-0.05, 0) is 22.4 Å². The van der Waals surface area contributed by atoms with Gasteiger partial charge < -0.3 is 5.11 Å². The zero-order chi connectivity index (χ0) is 16.7. The summed E-state index contributed by atoms with van der Waals surface area (Å²) >= 11 is 0. The largest absolute Gasteiger partial charge is 0.383 e. The van der Waals surface area contributed by atoms with E-state index in [0.717, 1.165) is 5.39 Å². The predicted molar refractivity (Wildman–Crippen MR) is 74.2 cm³/mol. The van der Waals surface area contributed by atoms with Crippen LogP contribution in [0.3, 0.4) is 0 Å². The van der Waals surface area contributed by atoms with Crippen LogP contribution in [-0.4, -0.2) is 5.11 Å². The van der Waals surface area contributed by atoms with E-state index >= 15 is 0 Å². The van der Waals surface area contributed by atoms with Crippen molar-refractivity contribution in [3.63, 3.8) is 0 Å². The van der Waals surface area contributed by atoms with Crippen molar-refractivity contribution in [2.45, 2.75) is 6.10 Å². The lowest BCUT2D eigenvalue weighted by Gasteiger charge is -2.15. The van der Waals surface area contributed by atoms with E-state index in [1.807, 2.05) is 0 Å². The first-order valence-corrected chi connectivity index (χ1v) is 6.60. The molecule has 1 nitrogen and oxygen atoms in total. The topological polar surface area (TPSA) is 20.2 Å². The van der Waals surface area contributed by atoms with Gasteiger partial charge in [-0.2, -0.15) is 0 Å². The molecule has 0 aliphatic heterocycles. The minimum atomic E-state index is -2.26. The summed E-state index contributed by atoms with van der Waals surface area (Å²) in [7, 11) is 0. The molecule has 6 heteroatoms. The molecule has 0 radical (unpaired) electrons. The van der Waals surface area contributed by atoms with Crippen molar-refractivity contribution in [2.24, 2.45) is 0 Å². The van der Waals surface area contributed by atoms with Crippen LogP contribution in [0.15, 0.2) is 42.5 Å². The monoisotopic (exact) mass is 324 g/mol. The van der Waals surface area contributed by atoms with Gasteiger partial charge in [-0.15, -0.1) is 0 Å². The number of halogens is 5. The average Bonchev–Trinajstić information content (AvgIpc) is 2.57. The Morgan fingerprint density at radius 3 is 1.78 bits per heavy atom. The molecule has 118 valence electrons. The van der Waals surface area contributed by atoms with Crippen molar-refractivity contribution >= 4 is 10.8 Å². The smallest absolute Gasteiger partial charge is 0.200 e.